The maximum atomic E-state index is 11.8. The third-order valence-corrected chi connectivity index (χ3v) is 5.14. The maximum absolute atomic E-state index is 11.8. The summed E-state index contributed by atoms with van der Waals surface area (Å²) in [5.41, 5.74) is 2.02. The monoisotopic (exact) mass is 387 g/mol. The molecule has 1 N–H and O–H groups in total. The molecule has 0 radical (unpaired) electrons. The van der Waals surface area contributed by atoms with Gasteiger partial charge >= 0.3 is 5.69 Å². The van der Waals surface area contributed by atoms with Gasteiger partial charge in [-0.1, -0.05) is 30.7 Å². The number of hydrogen-bond acceptors (Lipinski definition) is 7. The quantitative estimate of drug-likeness (QED) is 0.508. The van der Waals surface area contributed by atoms with Crippen LogP contribution in [0.2, 0.25) is 5.02 Å². The standard InChI is InChI=1S/C18H18ClN5O3/c1-11-5-4-8-23(10-11)15-9-14(20-13-7-3-2-6-12(13)19)18(24(25)26)17-16(15)21-27-22-17/h2-3,6-7,9,11,20H,4-5,8,10H2,1H3/t11-/m1/s1. The highest BCUT2D eigenvalue weighted by Crippen LogP contribution is 2.41. The second kappa shape index (κ2) is 7.03. The number of fused-ring (bicyclic) bond motifs is 1. The van der Waals surface area contributed by atoms with Crippen LogP contribution in [0.4, 0.5) is 22.7 Å². The molecule has 8 nitrogen and oxygen atoms in total. The molecule has 140 valence electrons. The second-order valence-electron chi connectivity index (χ2n) is 6.81. The van der Waals surface area contributed by atoms with Gasteiger partial charge in [0.25, 0.3) is 0 Å². The van der Waals surface area contributed by atoms with Gasteiger partial charge in [-0.3, -0.25) is 10.1 Å². The van der Waals surface area contributed by atoms with E-state index in [1.54, 1.807) is 24.3 Å². The first-order valence-electron chi connectivity index (χ1n) is 8.74. The molecule has 4 rings (SSSR count). The fourth-order valence-corrected chi connectivity index (χ4v) is 3.73. The summed E-state index contributed by atoms with van der Waals surface area (Å²) in [6.07, 6.45) is 2.21. The van der Waals surface area contributed by atoms with Crippen LogP contribution >= 0.6 is 11.6 Å². The fourth-order valence-electron chi connectivity index (χ4n) is 3.55. The number of nitrogens with zero attached hydrogens (tertiary/aromatic N) is 4. The van der Waals surface area contributed by atoms with E-state index in [1.807, 2.05) is 6.07 Å². The van der Waals surface area contributed by atoms with Crippen molar-refractivity contribution in [2.75, 3.05) is 23.3 Å². The number of para-hydroxylation sites is 1. The summed E-state index contributed by atoms with van der Waals surface area (Å²) in [6, 6.07) is 8.84. The first-order chi connectivity index (χ1) is 13.0. The van der Waals surface area contributed by atoms with Crippen LogP contribution < -0.4 is 10.2 Å². The largest absolute Gasteiger partial charge is 0.369 e. The Morgan fingerprint density at radius 3 is 2.81 bits per heavy atom. The zero-order valence-corrected chi connectivity index (χ0v) is 15.4. The number of rotatable bonds is 4. The highest BCUT2D eigenvalue weighted by molar-refractivity contribution is 6.33. The molecule has 1 aliphatic rings. The summed E-state index contributed by atoms with van der Waals surface area (Å²) in [4.78, 5) is 13.5. The molecule has 1 saturated heterocycles. The maximum Gasteiger partial charge on any atom is 0.324 e. The molecule has 1 aromatic heterocycles. The average Bonchev–Trinajstić information content (AvgIpc) is 3.12. The van der Waals surface area contributed by atoms with E-state index in [0.717, 1.165) is 31.6 Å². The molecule has 0 bridgehead atoms. The van der Waals surface area contributed by atoms with Crippen LogP contribution in [0.3, 0.4) is 0 Å². The van der Waals surface area contributed by atoms with Gasteiger partial charge in [-0.25, -0.2) is 4.63 Å². The van der Waals surface area contributed by atoms with E-state index in [1.165, 1.54) is 0 Å². The van der Waals surface area contributed by atoms with E-state index >= 15 is 0 Å². The van der Waals surface area contributed by atoms with Crippen molar-refractivity contribution in [3.8, 4) is 0 Å². The molecule has 0 saturated carbocycles. The molecule has 0 spiro atoms. The Kier molecular flexibility index (Phi) is 4.57. The molecule has 9 heteroatoms. The number of nitrogens with one attached hydrogen (secondary N) is 1. The summed E-state index contributed by atoms with van der Waals surface area (Å²) >= 11 is 6.22. The number of nitro benzene ring substituents is 1. The Hall–Kier alpha value is -2.87. The number of benzene rings is 2. The van der Waals surface area contributed by atoms with Gasteiger partial charge in [0.2, 0.25) is 5.52 Å². The Labute approximate surface area is 160 Å². The van der Waals surface area contributed by atoms with Gasteiger partial charge in [-0.2, -0.15) is 0 Å². The van der Waals surface area contributed by atoms with Gasteiger partial charge in [-0.05, 0) is 47.3 Å². The van der Waals surface area contributed by atoms with Crippen LogP contribution in [0.1, 0.15) is 19.8 Å². The normalized spacial score (nSPS) is 17.3. The topological polar surface area (TPSA) is 97.3 Å². The minimum atomic E-state index is -0.478. The number of anilines is 3. The van der Waals surface area contributed by atoms with Crippen LogP contribution in [0.15, 0.2) is 35.0 Å². The number of hydrogen-bond donors (Lipinski definition) is 1. The van der Waals surface area contributed by atoms with E-state index in [0.29, 0.717) is 27.8 Å². The molecule has 1 fully saturated rings. The predicted octanol–water partition coefficient (Wildman–Crippen LogP) is 4.76. The van der Waals surface area contributed by atoms with Crippen molar-refractivity contribution >= 4 is 45.4 Å². The Morgan fingerprint density at radius 1 is 1.30 bits per heavy atom. The van der Waals surface area contributed by atoms with E-state index in [4.69, 9.17) is 16.2 Å². The third kappa shape index (κ3) is 3.28. The van der Waals surface area contributed by atoms with E-state index in [-0.39, 0.29) is 11.2 Å². The van der Waals surface area contributed by atoms with Gasteiger partial charge in [0, 0.05) is 13.1 Å². The number of halogens is 1. The lowest BCUT2D eigenvalue weighted by atomic mass is 9.99. The summed E-state index contributed by atoms with van der Waals surface area (Å²) in [5.74, 6) is 0.531. The van der Waals surface area contributed by atoms with Crippen molar-refractivity contribution in [1.82, 2.24) is 10.3 Å². The smallest absolute Gasteiger partial charge is 0.324 e. The first-order valence-corrected chi connectivity index (χ1v) is 9.12. The molecule has 2 aromatic carbocycles. The zero-order chi connectivity index (χ0) is 19.0. The summed E-state index contributed by atoms with van der Waals surface area (Å²) in [5, 5.41) is 23.1. The Bertz CT molecular complexity index is 1010. The molecule has 3 aromatic rings. The van der Waals surface area contributed by atoms with Crippen molar-refractivity contribution < 1.29 is 9.55 Å². The Morgan fingerprint density at radius 2 is 2.07 bits per heavy atom. The van der Waals surface area contributed by atoms with E-state index in [9.17, 15) is 10.1 Å². The SMILES string of the molecule is C[C@@H]1CCCN(c2cc(Nc3ccccc3Cl)c([N+](=O)[O-])c3nonc23)C1. The molecule has 2 heterocycles. The summed E-state index contributed by atoms with van der Waals surface area (Å²) in [6.45, 7) is 3.90. The van der Waals surface area contributed by atoms with Crippen LogP contribution in [-0.2, 0) is 0 Å². The number of aromatic nitrogens is 2. The van der Waals surface area contributed by atoms with Crippen LogP contribution in [-0.4, -0.2) is 28.3 Å². The minimum absolute atomic E-state index is 0.130. The molecule has 0 aliphatic carbocycles. The van der Waals surface area contributed by atoms with Crippen LogP contribution in [0.25, 0.3) is 11.0 Å². The van der Waals surface area contributed by atoms with E-state index < -0.39 is 4.92 Å². The van der Waals surface area contributed by atoms with E-state index in [2.05, 4.69) is 27.5 Å². The molecule has 1 aliphatic heterocycles. The summed E-state index contributed by atoms with van der Waals surface area (Å²) in [7, 11) is 0. The molecule has 27 heavy (non-hydrogen) atoms. The first kappa shape index (κ1) is 17.5. The van der Waals surface area contributed by atoms with Crippen molar-refractivity contribution in [1.29, 1.82) is 0 Å². The van der Waals surface area contributed by atoms with Gasteiger partial charge in [0.05, 0.1) is 21.3 Å². The molecular formula is C18H18ClN5O3. The molecular weight excluding hydrogens is 370 g/mol. The van der Waals surface area contributed by atoms with Crippen molar-refractivity contribution in [3.05, 3.63) is 45.5 Å². The molecule has 0 unspecified atom stereocenters. The zero-order valence-electron chi connectivity index (χ0n) is 14.7. The van der Waals surface area contributed by atoms with Gasteiger partial charge in [0.1, 0.15) is 5.69 Å². The van der Waals surface area contributed by atoms with Crippen LogP contribution in [0.5, 0.6) is 0 Å². The van der Waals surface area contributed by atoms with Crippen molar-refractivity contribution in [3.63, 3.8) is 0 Å². The lowest BCUT2D eigenvalue weighted by Crippen LogP contribution is -2.34. The average molecular weight is 388 g/mol. The van der Waals surface area contributed by atoms with Gasteiger partial charge in [-0.15, -0.1) is 0 Å². The molecule has 1 atom stereocenters. The highest BCUT2D eigenvalue weighted by Gasteiger charge is 2.29. The van der Waals surface area contributed by atoms with Gasteiger partial charge < -0.3 is 10.2 Å². The van der Waals surface area contributed by atoms with Crippen molar-refractivity contribution in [2.24, 2.45) is 5.92 Å². The number of piperidine rings is 1. The van der Waals surface area contributed by atoms with Crippen molar-refractivity contribution in [2.45, 2.75) is 19.8 Å². The summed E-state index contributed by atoms with van der Waals surface area (Å²) < 4.78 is 4.86. The minimum Gasteiger partial charge on any atom is -0.369 e. The Balaban J connectivity index is 1.87. The lowest BCUT2D eigenvalue weighted by Gasteiger charge is -2.32. The number of nitro groups is 1. The molecule has 0 amide bonds. The fraction of sp³-hybridized carbons (Fsp3) is 0.333. The lowest BCUT2D eigenvalue weighted by molar-refractivity contribution is -0.382. The van der Waals surface area contributed by atoms with Crippen LogP contribution in [0, 0.1) is 16.0 Å². The third-order valence-electron chi connectivity index (χ3n) is 4.82. The predicted molar refractivity (Wildman–Crippen MR) is 104 cm³/mol. The van der Waals surface area contributed by atoms with Gasteiger partial charge in [0.15, 0.2) is 5.52 Å². The second-order valence-corrected chi connectivity index (χ2v) is 7.22. The highest BCUT2D eigenvalue weighted by atomic mass is 35.5.